The predicted octanol–water partition coefficient (Wildman–Crippen LogP) is 6.42. The summed E-state index contributed by atoms with van der Waals surface area (Å²) in [6, 6.07) is 11.2. The Labute approximate surface area is 201 Å². The van der Waals surface area contributed by atoms with Crippen molar-refractivity contribution in [3.05, 3.63) is 52.8 Å². The second kappa shape index (κ2) is 11.2. The molecule has 7 heteroatoms. The van der Waals surface area contributed by atoms with Crippen molar-refractivity contribution < 1.29 is 14.3 Å². The second-order valence-electron chi connectivity index (χ2n) is 9.07. The smallest absolute Gasteiger partial charge is 0.228 e. The number of pyridine rings is 1. The van der Waals surface area contributed by atoms with E-state index in [4.69, 9.17) is 32.7 Å². The summed E-state index contributed by atoms with van der Waals surface area (Å²) in [6.07, 6.45) is 7.09. The van der Waals surface area contributed by atoms with Crippen LogP contribution >= 0.6 is 23.2 Å². The number of hydrogen-bond donors (Lipinski definition) is 0. The number of rotatable bonds is 9. The largest absolute Gasteiger partial charge is 0.494 e. The molecule has 0 unspecified atom stereocenters. The quantitative estimate of drug-likeness (QED) is 0.308. The van der Waals surface area contributed by atoms with Gasteiger partial charge in [0.2, 0.25) is 5.91 Å². The summed E-state index contributed by atoms with van der Waals surface area (Å²) in [6.45, 7) is 4.62. The van der Waals surface area contributed by atoms with Gasteiger partial charge in [0.15, 0.2) is 0 Å². The van der Waals surface area contributed by atoms with Gasteiger partial charge in [0, 0.05) is 23.5 Å². The number of carbonyl (C=O) groups excluding carboxylic acids is 1. The normalized spacial score (nSPS) is 18.8. The Kier molecular flexibility index (Phi) is 8.66. The molecule has 5 nitrogen and oxygen atoms in total. The summed E-state index contributed by atoms with van der Waals surface area (Å²) in [4.78, 5) is 19.2. The maximum atomic E-state index is 13.2. The van der Waals surface area contributed by atoms with Crippen LogP contribution in [0.1, 0.15) is 52.4 Å². The number of amides is 1. The van der Waals surface area contributed by atoms with E-state index in [0.717, 1.165) is 50.0 Å². The van der Waals surface area contributed by atoms with Crippen LogP contribution < -0.4 is 9.47 Å². The number of aromatic nitrogens is 1. The lowest BCUT2D eigenvalue weighted by molar-refractivity contribution is -0.142. The van der Waals surface area contributed by atoms with E-state index >= 15 is 0 Å². The summed E-state index contributed by atoms with van der Waals surface area (Å²) < 4.78 is 11.8. The van der Waals surface area contributed by atoms with Crippen molar-refractivity contribution in [3.8, 4) is 11.5 Å². The van der Waals surface area contributed by atoms with Crippen molar-refractivity contribution in [2.45, 2.75) is 64.5 Å². The van der Waals surface area contributed by atoms with E-state index in [1.54, 1.807) is 12.3 Å². The first-order valence-corrected chi connectivity index (χ1v) is 11.9. The van der Waals surface area contributed by atoms with Crippen LogP contribution in [0.4, 0.5) is 0 Å². The average molecular weight is 479 g/mol. The van der Waals surface area contributed by atoms with Crippen LogP contribution in [0.25, 0.3) is 0 Å². The Morgan fingerprint density at radius 2 is 1.72 bits per heavy atom. The third-order valence-electron chi connectivity index (χ3n) is 6.12. The van der Waals surface area contributed by atoms with Crippen molar-refractivity contribution in [2.75, 3.05) is 13.7 Å². The van der Waals surface area contributed by atoms with E-state index < -0.39 is 5.41 Å². The topological polar surface area (TPSA) is 51.7 Å². The fraction of sp³-hybridized carbons (Fsp3) is 0.520. The molecule has 0 spiro atoms. The molecule has 3 rings (SSSR count). The maximum Gasteiger partial charge on any atom is 0.228 e. The van der Waals surface area contributed by atoms with Crippen molar-refractivity contribution in [3.63, 3.8) is 0 Å². The highest BCUT2D eigenvalue weighted by molar-refractivity contribution is 6.30. The lowest BCUT2D eigenvalue weighted by atomic mass is 9.84. The summed E-state index contributed by atoms with van der Waals surface area (Å²) >= 11 is 11.7. The van der Waals surface area contributed by atoms with E-state index in [0.29, 0.717) is 16.8 Å². The first-order chi connectivity index (χ1) is 15.2. The van der Waals surface area contributed by atoms with Crippen LogP contribution in [0.15, 0.2) is 42.6 Å². The fourth-order valence-electron chi connectivity index (χ4n) is 4.16. The summed E-state index contributed by atoms with van der Waals surface area (Å²) in [5.41, 5.74) is -0.430. The minimum absolute atomic E-state index is 0.149. The van der Waals surface area contributed by atoms with Gasteiger partial charge in [-0.2, -0.15) is 0 Å². The van der Waals surface area contributed by atoms with E-state index in [9.17, 15) is 4.79 Å². The molecule has 1 aromatic carbocycles. The summed E-state index contributed by atoms with van der Waals surface area (Å²) in [5.74, 6) is 1.73. The molecule has 1 aromatic heterocycles. The number of carbonyl (C=O) groups is 1. The van der Waals surface area contributed by atoms with E-state index in [1.807, 2.05) is 56.1 Å². The Bertz CT molecular complexity index is 864. The minimum atomic E-state index is -0.430. The van der Waals surface area contributed by atoms with Crippen molar-refractivity contribution in [1.29, 1.82) is 0 Å². The zero-order valence-electron chi connectivity index (χ0n) is 19.0. The van der Waals surface area contributed by atoms with Crippen molar-refractivity contribution in [1.82, 2.24) is 9.88 Å². The van der Waals surface area contributed by atoms with E-state index in [-0.39, 0.29) is 18.1 Å². The zero-order chi connectivity index (χ0) is 23.1. The minimum Gasteiger partial charge on any atom is -0.494 e. The Morgan fingerprint density at radius 3 is 2.34 bits per heavy atom. The van der Waals surface area contributed by atoms with Gasteiger partial charge in [-0.25, -0.2) is 4.98 Å². The molecule has 0 atom stereocenters. The molecule has 0 aliphatic heterocycles. The van der Waals surface area contributed by atoms with Gasteiger partial charge in [0.25, 0.3) is 0 Å². The standard InChI is InChI=1S/C25H32Cl2N2O3/c1-25(2,15-4-16-31-20-9-5-18(26)6-10-20)24(30)29(3)19-7-11-21(12-8-19)32-22-13-14-23(27)28-17-22/h5-6,9-10,13-14,17,19,21H,4,7-8,11-12,15-16H2,1-3H3. The van der Waals surface area contributed by atoms with Crippen LogP contribution in [0.5, 0.6) is 11.5 Å². The van der Waals surface area contributed by atoms with Crippen molar-refractivity contribution in [2.24, 2.45) is 5.41 Å². The highest BCUT2D eigenvalue weighted by Gasteiger charge is 2.35. The average Bonchev–Trinajstić information content (AvgIpc) is 2.79. The molecule has 174 valence electrons. The molecule has 2 aromatic rings. The maximum absolute atomic E-state index is 13.2. The SMILES string of the molecule is CN(C(=O)C(C)(C)CCCOc1ccc(Cl)cc1)C1CCC(Oc2ccc(Cl)nc2)CC1. The highest BCUT2D eigenvalue weighted by atomic mass is 35.5. The van der Waals surface area contributed by atoms with Gasteiger partial charge in [-0.05, 0) is 74.9 Å². The van der Waals surface area contributed by atoms with Crippen LogP contribution in [-0.4, -0.2) is 41.6 Å². The Balaban J connectivity index is 1.41. The summed E-state index contributed by atoms with van der Waals surface area (Å²) in [5, 5.41) is 1.15. The van der Waals surface area contributed by atoms with Gasteiger partial charge in [-0.1, -0.05) is 37.0 Å². The number of hydrogen-bond acceptors (Lipinski definition) is 4. The highest BCUT2D eigenvalue weighted by Crippen LogP contribution is 2.31. The molecular formula is C25H32Cl2N2O3. The van der Waals surface area contributed by atoms with Crippen LogP contribution in [0.2, 0.25) is 10.2 Å². The number of nitrogens with zero attached hydrogens (tertiary/aromatic N) is 2. The molecule has 0 radical (unpaired) electrons. The van der Waals surface area contributed by atoms with Gasteiger partial charge in [0.1, 0.15) is 16.7 Å². The number of benzene rings is 1. The molecule has 1 amide bonds. The van der Waals surface area contributed by atoms with Gasteiger partial charge in [-0.15, -0.1) is 0 Å². The predicted molar refractivity (Wildman–Crippen MR) is 129 cm³/mol. The lowest BCUT2D eigenvalue weighted by Crippen LogP contribution is -2.46. The summed E-state index contributed by atoms with van der Waals surface area (Å²) in [7, 11) is 1.93. The van der Waals surface area contributed by atoms with E-state index in [2.05, 4.69) is 4.98 Å². The Hall–Kier alpha value is -1.98. The molecule has 0 saturated heterocycles. The van der Waals surface area contributed by atoms with Gasteiger partial charge in [-0.3, -0.25) is 4.79 Å². The molecule has 0 bridgehead atoms. The zero-order valence-corrected chi connectivity index (χ0v) is 20.5. The molecule has 1 heterocycles. The first kappa shape index (κ1) is 24.7. The molecule has 1 aliphatic carbocycles. The van der Waals surface area contributed by atoms with E-state index in [1.165, 1.54) is 0 Å². The fourth-order valence-corrected chi connectivity index (χ4v) is 4.40. The van der Waals surface area contributed by atoms with Crippen LogP contribution in [0, 0.1) is 5.41 Å². The molecular weight excluding hydrogens is 447 g/mol. The molecule has 1 saturated carbocycles. The third kappa shape index (κ3) is 7.01. The molecule has 32 heavy (non-hydrogen) atoms. The molecule has 1 fully saturated rings. The van der Waals surface area contributed by atoms with Gasteiger partial charge >= 0.3 is 0 Å². The van der Waals surface area contributed by atoms with Crippen molar-refractivity contribution >= 4 is 29.1 Å². The number of halogens is 2. The third-order valence-corrected chi connectivity index (χ3v) is 6.60. The van der Waals surface area contributed by atoms with Crippen LogP contribution in [0.3, 0.4) is 0 Å². The molecule has 0 N–H and O–H groups in total. The molecule has 1 aliphatic rings. The lowest BCUT2D eigenvalue weighted by Gasteiger charge is -2.38. The Morgan fingerprint density at radius 1 is 1.06 bits per heavy atom. The first-order valence-electron chi connectivity index (χ1n) is 11.2. The van der Waals surface area contributed by atoms with Crippen LogP contribution in [-0.2, 0) is 4.79 Å². The van der Waals surface area contributed by atoms with Gasteiger partial charge < -0.3 is 14.4 Å². The van der Waals surface area contributed by atoms with Gasteiger partial charge in [0.05, 0.1) is 18.9 Å². The second-order valence-corrected chi connectivity index (χ2v) is 9.89. The monoisotopic (exact) mass is 478 g/mol. The number of ether oxygens (including phenoxy) is 2.